The number of hydrogen-bond acceptors (Lipinski definition) is 6. The Hall–Kier alpha value is -1.01. The third-order valence-corrected chi connectivity index (χ3v) is 2.52. The third kappa shape index (κ3) is 1.77. The highest BCUT2D eigenvalue weighted by Crippen LogP contribution is 2.09. The molecule has 0 aliphatic rings. The molecule has 0 spiro atoms. The van der Waals surface area contributed by atoms with E-state index in [9.17, 15) is 0 Å². The maximum Gasteiger partial charge on any atom is 0.202 e. The minimum atomic E-state index is 0.721. The smallest absolute Gasteiger partial charge is 0.202 e. The fraction of sp³-hybridized carbons (Fsp3) is 0.167. The number of anilines is 1. The van der Waals surface area contributed by atoms with Crippen molar-refractivity contribution in [2.24, 2.45) is 0 Å². The topological polar surface area (TPSA) is 50.7 Å². The van der Waals surface area contributed by atoms with Gasteiger partial charge in [-0.15, -0.1) is 11.3 Å². The first kappa shape index (κ1) is 7.63. The molecule has 4 nitrogen and oxygen atoms in total. The van der Waals surface area contributed by atoms with Gasteiger partial charge in [0.1, 0.15) is 6.33 Å². The average Bonchev–Trinajstić information content (AvgIpc) is 2.74. The molecular weight excluding hydrogens is 192 g/mol. The molecule has 0 aliphatic carbocycles. The van der Waals surface area contributed by atoms with E-state index < -0.39 is 0 Å². The van der Waals surface area contributed by atoms with Crippen LogP contribution in [0.5, 0.6) is 0 Å². The maximum atomic E-state index is 4.13. The summed E-state index contributed by atoms with van der Waals surface area (Å²) in [6, 6.07) is 0. The van der Waals surface area contributed by atoms with Gasteiger partial charge in [-0.25, -0.2) is 9.97 Å². The monoisotopic (exact) mass is 198 g/mol. The third-order valence-electron chi connectivity index (χ3n) is 1.27. The molecule has 1 N–H and O–H groups in total. The van der Waals surface area contributed by atoms with Gasteiger partial charge in [-0.05, 0) is 0 Å². The molecule has 0 atom stereocenters. The summed E-state index contributed by atoms with van der Waals surface area (Å²) in [5.41, 5.74) is 2.85. The van der Waals surface area contributed by atoms with Crippen molar-refractivity contribution >= 4 is 28.0 Å². The molecule has 0 aliphatic heterocycles. The molecule has 0 saturated carbocycles. The average molecular weight is 198 g/mol. The van der Waals surface area contributed by atoms with Gasteiger partial charge in [0.25, 0.3) is 0 Å². The Morgan fingerprint density at radius 1 is 1.42 bits per heavy atom. The Kier molecular flexibility index (Phi) is 2.28. The minimum absolute atomic E-state index is 0.721. The van der Waals surface area contributed by atoms with Crippen LogP contribution in [0, 0.1) is 0 Å². The highest BCUT2D eigenvalue weighted by atomic mass is 32.1. The number of thiazole rings is 1. The van der Waals surface area contributed by atoms with Gasteiger partial charge in [0.15, 0.2) is 0 Å². The molecule has 12 heavy (non-hydrogen) atoms. The van der Waals surface area contributed by atoms with Crippen molar-refractivity contribution < 1.29 is 0 Å². The molecule has 0 radical (unpaired) electrons. The largest absolute Gasteiger partial charge is 0.355 e. The van der Waals surface area contributed by atoms with Crippen molar-refractivity contribution in [2.45, 2.75) is 6.54 Å². The molecule has 0 aromatic carbocycles. The molecule has 2 rings (SSSR count). The molecule has 2 aromatic rings. The van der Waals surface area contributed by atoms with E-state index in [4.69, 9.17) is 0 Å². The molecule has 62 valence electrons. The fourth-order valence-electron chi connectivity index (χ4n) is 0.742. The van der Waals surface area contributed by atoms with E-state index >= 15 is 0 Å². The zero-order chi connectivity index (χ0) is 8.23. The van der Waals surface area contributed by atoms with Crippen molar-refractivity contribution in [1.82, 2.24) is 14.3 Å². The van der Waals surface area contributed by atoms with Gasteiger partial charge in [0.2, 0.25) is 5.13 Å². The lowest BCUT2D eigenvalue weighted by atomic mass is 10.5. The lowest BCUT2D eigenvalue weighted by Crippen LogP contribution is -1.98. The van der Waals surface area contributed by atoms with E-state index in [1.807, 2.05) is 10.9 Å². The number of hydrogen-bond donors (Lipinski definition) is 1. The van der Waals surface area contributed by atoms with Gasteiger partial charge in [0, 0.05) is 16.9 Å². The highest BCUT2D eigenvalue weighted by molar-refractivity contribution is 7.09. The first-order chi connectivity index (χ1) is 5.95. The predicted molar refractivity (Wildman–Crippen MR) is 49.3 cm³/mol. The van der Waals surface area contributed by atoms with Crippen LogP contribution in [-0.4, -0.2) is 14.3 Å². The zero-order valence-corrected chi connectivity index (χ0v) is 7.73. The van der Waals surface area contributed by atoms with Crippen LogP contribution in [0.2, 0.25) is 0 Å². The van der Waals surface area contributed by atoms with Crippen molar-refractivity contribution in [3.63, 3.8) is 0 Å². The van der Waals surface area contributed by atoms with E-state index in [0.29, 0.717) is 0 Å². The summed E-state index contributed by atoms with van der Waals surface area (Å²) >= 11 is 2.94. The quantitative estimate of drug-likeness (QED) is 0.814. The maximum absolute atomic E-state index is 4.13. The number of rotatable bonds is 3. The minimum Gasteiger partial charge on any atom is -0.355 e. The molecule has 2 heterocycles. The van der Waals surface area contributed by atoms with Crippen LogP contribution in [-0.2, 0) is 6.54 Å². The van der Waals surface area contributed by atoms with Crippen molar-refractivity contribution in [1.29, 1.82) is 0 Å². The second kappa shape index (κ2) is 3.59. The summed E-state index contributed by atoms with van der Waals surface area (Å²) in [5, 5.41) is 5.96. The van der Waals surface area contributed by atoms with E-state index in [1.165, 1.54) is 17.9 Å². The van der Waals surface area contributed by atoms with Crippen LogP contribution in [0.1, 0.15) is 5.69 Å². The van der Waals surface area contributed by atoms with Crippen LogP contribution >= 0.6 is 22.9 Å². The summed E-state index contributed by atoms with van der Waals surface area (Å²) in [6.07, 6.45) is 1.54. The molecule has 0 bridgehead atoms. The summed E-state index contributed by atoms with van der Waals surface area (Å²) in [7, 11) is 0. The lowest BCUT2D eigenvalue weighted by Gasteiger charge is -1.96. The van der Waals surface area contributed by atoms with Gasteiger partial charge in [-0.2, -0.15) is 4.37 Å². The van der Waals surface area contributed by atoms with Crippen LogP contribution in [0.15, 0.2) is 17.2 Å². The molecule has 0 saturated heterocycles. The normalized spacial score (nSPS) is 10.0. The van der Waals surface area contributed by atoms with E-state index in [0.717, 1.165) is 17.4 Å². The standard InChI is InChI=1S/C6H6N4S2/c1(5-2-11-4-9-5)7-6-8-3-10-12-6/h2-4H,1H2,(H,7,8,10). The van der Waals surface area contributed by atoms with Crippen molar-refractivity contribution in [3.8, 4) is 0 Å². The lowest BCUT2D eigenvalue weighted by molar-refractivity contribution is 1.07. The van der Waals surface area contributed by atoms with Crippen LogP contribution < -0.4 is 5.32 Å². The second-order valence-corrected chi connectivity index (χ2v) is 3.58. The van der Waals surface area contributed by atoms with Gasteiger partial charge < -0.3 is 5.32 Å². The van der Waals surface area contributed by atoms with Crippen molar-refractivity contribution in [3.05, 3.63) is 22.9 Å². The highest BCUT2D eigenvalue weighted by Gasteiger charge is 1.96. The van der Waals surface area contributed by atoms with E-state index in [2.05, 4.69) is 19.7 Å². The van der Waals surface area contributed by atoms with Crippen LogP contribution in [0.4, 0.5) is 5.13 Å². The van der Waals surface area contributed by atoms with Crippen LogP contribution in [0.3, 0.4) is 0 Å². The summed E-state index contributed by atoms with van der Waals surface area (Å²) in [4.78, 5) is 8.12. The summed E-state index contributed by atoms with van der Waals surface area (Å²) in [6.45, 7) is 0.721. The Bertz CT molecular complexity index is 281. The Morgan fingerprint density at radius 2 is 2.42 bits per heavy atom. The molecule has 0 amide bonds. The summed E-state index contributed by atoms with van der Waals surface area (Å²) in [5.74, 6) is 0. The Morgan fingerprint density at radius 3 is 3.08 bits per heavy atom. The first-order valence-electron chi connectivity index (χ1n) is 3.33. The molecule has 0 fully saturated rings. The Balaban J connectivity index is 1.91. The van der Waals surface area contributed by atoms with Gasteiger partial charge in [-0.1, -0.05) is 0 Å². The number of nitrogens with zero attached hydrogens (tertiary/aromatic N) is 3. The first-order valence-corrected chi connectivity index (χ1v) is 5.04. The van der Waals surface area contributed by atoms with Crippen molar-refractivity contribution in [2.75, 3.05) is 5.32 Å². The van der Waals surface area contributed by atoms with Crippen LogP contribution in [0.25, 0.3) is 0 Å². The molecule has 2 aromatic heterocycles. The molecule has 6 heteroatoms. The van der Waals surface area contributed by atoms with Gasteiger partial charge in [0.05, 0.1) is 17.7 Å². The molecular formula is C6H6N4S2. The zero-order valence-electron chi connectivity index (χ0n) is 6.10. The molecule has 0 unspecified atom stereocenters. The number of aromatic nitrogens is 3. The Labute approximate surface area is 77.5 Å². The predicted octanol–water partition coefficient (Wildman–Crippen LogP) is 1.61. The second-order valence-electron chi connectivity index (χ2n) is 2.08. The summed E-state index contributed by atoms with van der Waals surface area (Å²) < 4.78 is 3.87. The van der Waals surface area contributed by atoms with Gasteiger partial charge in [-0.3, -0.25) is 0 Å². The van der Waals surface area contributed by atoms with E-state index in [1.54, 1.807) is 11.3 Å². The number of nitrogens with one attached hydrogen (secondary N) is 1. The SMILES string of the molecule is c1nsc(NCc2cscn2)n1. The van der Waals surface area contributed by atoms with E-state index in [-0.39, 0.29) is 0 Å². The fourth-order valence-corrected chi connectivity index (χ4v) is 1.73. The van der Waals surface area contributed by atoms with Gasteiger partial charge >= 0.3 is 0 Å².